The molecule has 1 aromatic carbocycles. The summed E-state index contributed by atoms with van der Waals surface area (Å²) in [4.78, 5) is 11.8. The van der Waals surface area contributed by atoms with E-state index in [1.54, 1.807) is 0 Å². The first kappa shape index (κ1) is 13.9. The minimum absolute atomic E-state index is 0.0481. The monoisotopic (exact) mass is 262 g/mol. The molecular formula is C15H22N2O2. The topological polar surface area (TPSA) is 50.4 Å². The van der Waals surface area contributed by atoms with Gasteiger partial charge in [-0.05, 0) is 44.9 Å². The standard InChI is InChI=1S/C15H22N2O2/c1-10-6-11(2)15(12(3)7-10)19-9-14(18)17-13-4-5-16-8-13/h6-7,13,16H,4-5,8-9H2,1-3H3,(H,17,18). The quantitative estimate of drug-likeness (QED) is 0.864. The zero-order chi connectivity index (χ0) is 13.8. The lowest BCUT2D eigenvalue weighted by Gasteiger charge is -2.15. The molecule has 0 bridgehead atoms. The predicted octanol–water partition coefficient (Wildman–Crippen LogP) is 1.47. The number of amides is 1. The van der Waals surface area contributed by atoms with Gasteiger partial charge in [-0.25, -0.2) is 0 Å². The average Bonchev–Trinajstić information content (AvgIpc) is 2.80. The summed E-state index contributed by atoms with van der Waals surface area (Å²) < 4.78 is 5.66. The SMILES string of the molecule is Cc1cc(C)c(OCC(=O)NC2CCNC2)c(C)c1. The molecule has 4 nitrogen and oxygen atoms in total. The fourth-order valence-electron chi connectivity index (χ4n) is 2.58. The Morgan fingerprint density at radius 1 is 1.37 bits per heavy atom. The maximum atomic E-state index is 11.8. The average molecular weight is 262 g/mol. The van der Waals surface area contributed by atoms with E-state index in [9.17, 15) is 4.79 Å². The van der Waals surface area contributed by atoms with E-state index in [1.807, 2.05) is 13.8 Å². The lowest BCUT2D eigenvalue weighted by molar-refractivity contribution is -0.123. The third-order valence-electron chi connectivity index (χ3n) is 3.38. The van der Waals surface area contributed by atoms with E-state index in [2.05, 4.69) is 29.7 Å². The lowest BCUT2D eigenvalue weighted by Crippen LogP contribution is -2.39. The summed E-state index contributed by atoms with van der Waals surface area (Å²) in [5, 5.41) is 6.19. The van der Waals surface area contributed by atoms with Crippen LogP contribution in [-0.4, -0.2) is 31.6 Å². The minimum Gasteiger partial charge on any atom is -0.483 e. The van der Waals surface area contributed by atoms with Gasteiger partial charge in [0.15, 0.2) is 6.61 Å². The molecule has 0 aliphatic carbocycles. The smallest absolute Gasteiger partial charge is 0.258 e. The Balaban J connectivity index is 1.89. The van der Waals surface area contributed by atoms with Crippen molar-refractivity contribution in [1.82, 2.24) is 10.6 Å². The number of hydrogen-bond donors (Lipinski definition) is 2. The molecule has 1 atom stereocenters. The second kappa shape index (κ2) is 6.06. The van der Waals surface area contributed by atoms with Crippen LogP contribution in [-0.2, 0) is 4.79 Å². The highest BCUT2D eigenvalue weighted by atomic mass is 16.5. The highest BCUT2D eigenvalue weighted by Gasteiger charge is 2.17. The van der Waals surface area contributed by atoms with E-state index < -0.39 is 0 Å². The second-order valence-corrected chi connectivity index (χ2v) is 5.27. The molecule has 0 spiro atoms. The first-order valence-electron chi connectivity index (χ1n) is 6.77. The van der Waals surface area contributed by atoms with Crippen LogP contribution >= 0.6 is 0 Å². The maximum absolute atomic E-state index is 11.8. The first-order valence-corrected chi connectivity index (χ1v) is 6.77. The van der Waals surface area contributed by atoms with Crippen molar-refractivity contribution < 1.29 is 9.53 Å². The van der Waals surface area contributed by atoms with Crippen LogP contribution in [0.2, 0.25) is 0 Å². The van der Waals surface area contributed by atoms with Gasteiger partial charge in [-0.2, -0.15) is 0 Å². The maximum Gasteiger partial charge on any atom is 0.258 e. The molecule has 0 radical (unpaired) electrons. The molecule has 0 aromatic heterocycles. The molecule has 0 saturated carbocycles. The third-order valence-corrected chi connectivity index (χ3v) is 3.38. The molecule has 2 N–H and O–H groups in total. The van der Waals surface area contributed by atoms with Crippen LogP contribution < -0.4 is 15.4 Å². The number of benzene rings is 1. The number of rotatable bonds is 4. The zero-order valence-electron chi connectivity index (χ0n) is 11.9. The Bertz CT molecular complexity index is 442. The van der Waals surface area contributed by atoms with E-state index in [1.165, 1.54) is 5.56 Å². The summed E-state index contributed by atoms with van der Waals surface area (Å²) in [5.74, 6) is 0.776. The molecular weight excluding hydrogens is 240 g/mol. The lowest BCUT2D eigenvalue weighted by atomic mass is 10.1. The fourth-order valence-corrected chi connectivity index (χ4v) is 2.58. The van der Waals surface area contributed by atoms with Crippen molar-refractivity contribution in [2.24, 2.45) is 0 Å². The molecule has 4 heteroatoms. The van der Waals surface area contributed by atoms with Crippen LogP contribution in [0.1, 0.15) is 23.1 Å². The van der Waals surface area contributed by atoms with Gasteiger partial charge in [0, 0.05) is 12.6 Å². The Kier molecular flexibility index (Phi) is 4.43. The van der Waals surface area contributed by atoms with Gasteiger partial charge < -0.3 is 15.4 Å². The van der Waals surface area contributed by atoms with Crippen LogP contribution in [0.15, 0.2) is 12.1 Å². The predicted molar refractivity (Wildman–Crippen MR) is 75.6 cm³/mol. The van der Waals surface area contributed by atoms with E-state index >= 15 is 0 Å². The van der Waals surface area contributed by atoms with Crippen molar-refractivity contribution >= 4 is 5.91 Å². The van der Waals surface area contributed by atoms with Crippen molar-refractivity contribution in [1.29, 1.82) is 0 Å². The Hall–Kier alpha value is -1.55. The van der Waals surface area contributed by atoms with E-state index in [-0.39, 0.29) is 18.6 Å². The molecule has 19 heavy (non-hydrogen) atoms. The highest BCUT2D eigenvalue weighted by Crippen LogP contribution is 2.24. The summed E-state index contributed by atoms with van der Waals surface area (Å²) in [5.41, 5.74) is 3.37. The number of hydrogen-bond acceptors (Lipinski definition) is 3. The number of aryl methyl sites for hydroxylation is 3. The molecule has 1 unspecified atom stereocenters. The zero-order valence-corrected chi connectivity index (χ0v) is 11.9. The van der Waals surface area contributed by atoms with Crippen LogP contribution in [0, 0.1) is 20.8 Å². The Morgan fingerprint density at radius 3 is 2.63 bits per heavy atom. The molecule has 1 amide bonds. The second-order valence-electron chi connectivity index (χ2n) is 5.27. The van der Waals surface area contributed by atoms with Gasteiger partial charge in [0.1, 0.15) is 5.75 Å². The summed E-state index contributed by atoms with van der Waals surface area (Å²) in [6.45, 7) is 7.99. The van der Waals surface area contributed by atoms with Crippen molar-refractivity contribution in [2.75, 3.05) is 19.7 Å². The van der Waals surface area contributed by atoms with Crippen molar-refractivity contribution in [3.05, 3.63) is 28.8 Å². The summed E-state index contributed by atoms with van der Waals surface area (Å²) in [6, 6.07) is 4.39. The van der Waals surface area contributed by atoms with Crippen LogP contribution in [0.3, 0.4) is 0 Å². The Morgan fingerprint density at radius 2 is 2.05 bits per heavy atom. The van der Waals surface area contributed by atoms with E-state index in [0.29, 0.717) is 0 Å². The van der Waals surface area contributed by atoms with Gasteiger partial charge in [-0.3, -0.25) is 4.79 Å². The molecule has 1 fully saturated rings. The summed E-state index contributed by atoms with van der Waals surface area (Å²) in [6.07, 6.45) is 0.994. The summed E-state index contributed by atoms with van der Waals surface area (Å²) in [7, 11) is 0. The van der Waals surface area contributed by atoms with Gasteiger partial charge in [0.05, 0.1) is 0 Å². The first-order chi connectivity index (χ1) is 9.06. The molecule has 2 rings (SSSR count). The number of nitrogens with one attached hydrogen (secondary N) is 2. The number of ether oxygens (including phenoxy) is 1. The Labute approximate surface area is 114 Å². The molecule has 1 aliphatic rings. The minimum atomic E-state index is -0.0481. The normalized spacial score (nSPS) is 18.4. The van der Waals surface area contributed by atoms with Crippen LogP contribution in [0.25, 0.3) is 0 Å². The number of carbonyl (C=O) groups is 1. The highest BCUT2D eigenvalue weighted by molar-refractivity contribution is 5.78. The van der Waals surface area contributed by atoms with Gasteiger partial charge in [-0.1, -0.05) is 17.7 Å². The van der Waals surface area contributed by atoms with Crippen molar-refractivity contribution in [2.45, 2.75) is 33.2 Å². The van der Waals surface area contributed by atoms with Crippen LogP contribution in [0.5, 0.6) is 5.75 Å². The third kappa shape index (κ3) is 3.70. The van der Waals surface area contributed by atoms with Gasteiger partial charge >= 0.3 is 0 Å². The molecule has 1 saturated heterocycles. The van der Waals surface area contributed by atoms with E-state index in [4.69, 9.17) is 4.74 Å². The van der Waals surface area contributed by atoms with Crippen molar-refractivity contribution in [3.63, 3.8) is 0 Å². The van der Waals surface area contributed by atoms with E-state index in [0.717, 1.165) is 36.4 Å². The molecule has 1 aromatic rings. The molecule has 104 valence electrons. The van der Waals surface area contributed by atoms with Gasteiger partial charge in [0.25, 0.3) is 5.91 Å². The molecule has 1 heterocycles. The van der Waals surface area contributed by atoms with Crippen LogP contribution in [0.4, 0.5) is 0 Å². The van der Waals surface area contributed by atoms with Gasteiger partial charge in [-0.15, -0.1) is 0 Å². The van der Waals surface area contributed by atoms with Gasteiger partial charge in [0.2, 0.25) is 0 Å². The number of carbonyl (C=O) groups excluding carboxylic acids is 1. The summed E-state index contributed by atoms with van der Waals surface area (Å²) >= 11 is 0. The largest absolute Gasteiger partial charge is 0.483 e. The fraction of sp³-hybridized carbons (Fsp3) is 0.533. The molecule has 1 aliphatic heterocycles. The van der Waals surface area contributed by atoms with Crippen molar-refractivity contribution in [3.8, 4) is 5.75 Å².